The summed E-state index contributed by atoms with van der Waals surface area (Å²) in [5, 5.41) is 19.9. The van der Waals surface area contributed by atoms with Crippen molar-refractivity contribution >= 4 is 23.3 Å². The molecule has 3 aliphatic rings. The fraction of sp³-hybridized carbons (Fsp3) is 0.433. The molecule has 3 fully saturated rings. The highest BCUT2D eigenvalue weighted by Crippen LogP contribution is 2.38. The van der Waals surface area contributed by atoms with Crippen LogP contribution in [0.1, 0.15) is 67.4 Å². The third-order valence-corrected chi connectivity index (χ3v) is 8.19. The molecule has 2 N–H and O–H groups in total. The van der Waals surface area contributed by atoms with E-state index in [2.05, 4.69) is 10.4 Å². The number of carbonyl (C=O) groups is 2. The van der Waals surface area contributed by atoms with Gasteiger partial charge in [0.2, 0.25) is 5.78 Å². The van der Waals surface area contributed by atoms with Crippen LogP contribution in [-0.4, -0.2) is 56.7 Å². The summed E-state index contributed by atoms with van der Waals surface area (Å²) in [5.41, 5.74) is 1.00. The second-order valence-corrected chi connectivity index (χ2v) is 11.3. The first-order valence-corrected chi connectivity index (χ1v) is 14.2. The molecule has 2 aromatic carbocycles. The Morgan fingerprint density at radius 2 is 1.79 bits per heavy atom. The number of nitrogens with zero attached hydrogens (tertiary/aromatic N) is 3. The molecule has 9 heteroatoms. The van der Waals surface area contributed by atoms with Gasteiger partial charge in [-0.3, -0.25) is 19.2 Å². The molecule has 0 bridgehead atoms. The van der Waals surface area contributed by atoms with Gasteiger partial charge >= 0.3 is 0 Å². The lowest BCUT2D eigenvalue weighted by Gasteiger charge is -2.42. The van der Waals surface area contributed by atoms with Crippen LogP contribution < -0.4 is 10.1 Å². The Morgan fingerprint density at radius 3 is 2.44 bits per heavy atom. The van der Waals surface area contributed by atoms with Gasteiger partial charge in [0.05, 0.1) is 28.9 Å². The molecule has 2 heterocycles. The molecule has 1 saturated heterocycles. The van der Waals surface area contributed by atoms with Gasteiger partial charge in [0.15, 0.2) is 5.72 Å². The number of ether oxygens (including phenoxy) is 1. The summed E-state index contributed by atoms with van der Waals surface area (Å²) in [6.45, 7) is 3.05. The van der Waals surface area contributed by atoms with E-state index >= 15 is 0 Å². The Kier molecular flexibility index (Phi) is 6.95. The second-order valence-electron chi connectivity index (χ2n) is 10.9. The van der Waals surface area contributed by atoms with E-state index in [-0.39, 0.29) is 11.7 Å². The molecular formula is C30H33ClN4O4. The Balaban J connectivity index is 1.17. The minimum absolute atomic E-state index is 0.198. The van der Waals surface area contributed by atoms with Crippen LogP contribution in [0.5, 0.6) is 5.75 Å². The number of Topliss-reactive ketones (excluding diaryl/α,β-unsaturated/α-hetero) is 1. The van der Waals surface area contributed by atoms with Crippen LogP contribution in [0, 0.1) is 0 Å². The normalized spacial score (nSPS) is 19.9. The predicted molar refractivity (Wildman–Crippen MR) is 148 cm³/mol. The highest BCUT2D eigenvalue weighted by atomic mass is 35.5. The predicted octanol–water partition coefficient (Wildman–Crippen LogP) is 4.71. The van der Waals surface area contributed by atoms with E-state index in [1.54, 1.807) is 49.4 Å². The topological polar surface area (TPSA) is 96.7 Å². The fourth-order valence-electron chi connectivity index (χ4n) is 5.28. The van der Waals surface area contributed by atoms with E-state index in [1.165, 1.54) is 0 Å². The summed E-state index contributed by atoms with van der Waals surface area (Å²) in [6.07, 6.45) is 8.38. The van der Waals surface area contributed by atoms with Crippen LogP contribution in [0.2, 0.25) is 5.02 Å². The lowest BCUT2D eigenvalue weighted by atomic mass is 9.93. The van der Waals surface area contributed by atoms with Crippen molar-refractivity contribution in [2.45, 2.75) is 69.4 Å². The van der Waals surface area contributed by atoms with Crippen LogP contribution in [0.25, 0.3) is 11.3 Å². The van der Waals surface area contributed by atoms with Gasteiger partial charge < -0.3 is 15.2 Å². The molecule has 2 atom stereocenters. The monoisotopic (exact) mass is 548 g/mol. The molecular weight excluding hydrogens is 516 g/mol. The van der Waals surface area contributed by atoms with Crippen molar-refractivity contribution < 1.29 is 19.4 Å². The maximum atomic E-state index is 13.1. The molecule has 1 amide bonds. The summed E-state index contributed by atoms with van der Waals surface area (Å²) in [4.78, 5) is 28.1. The van der Waals surface area contributed by atoms with Gasteiger partial charge in [0, 0.05) is 36.0 Å². The number of amides is 1. The van der Waals surface area contributed by atoms with E-state index in [0.29, 0.717) is 35.5 Å². The van der Waals surface area contributed by atoms with E-state index in [1.807, 2.05) is 21.8 Å². The van der Waals surface area contributed by atoms with E-state index in [4.69, 9.17) is 16.3 Å². The number of carbonyl (C=O) groups excluding carboxylic acids is 2. The van der Waals surface area contributed by atoms with Crippen molar-refractivity contribution in [3.63, 3.8) is 0 Å². The number of ketones is 1. The maximum Gasteiger partial charge on any atom is 0.292 e. The highest BCUT2D eigenvalue weighted by molar-refractivity contribution is 6.42. The average Bonchev–Trinajstić information content (AvgIpc) is 3.85. The number of likely N-dealkylation sites (tertiary alicyclic amines) is 1. The Hall–Kier alpha value is -3.20. The summed E-state index contributed by atoms with van der Waals surface area (Å²) in [6, 6.07) is 13.8. The second kappa shape index (κ2) is 10.4. The van der Waals surface area contributed by atoms with Crippen LogP contribution in [0.3, 0.4) is 0 Å². The largest absolute Gasteiger partial charge is 0.489 e. The van der Waals surface area contributed by atoms with Gasteiger partial charge in [-0.25, -0.2) is 0 Å². The summed E-state index contributed by atoms with van der Waals surface area (Å²) in [7, 11) is 0. The minimum atomic E-state index is -1.54. The Bertz CT molecular complexity index is 1380. The number of aromatic nitrogens is 2. The molecule has 204 valence electrons. The van der Waals surface area contributed by atoms with E-state index in [0.717, 1.165) is 49.8 Å². The van der Waals surface area contributed by atoms with E-state index in [9.17, 15) is 14.7 Å². The third kappa shape index (κ3) is 5.33. The number of hydrogen-bond donors (Lipinski definition) is 2. The number of rotatable bonds is 10. The average molecular weight is 549 g/mol. The van der Waals surface area contributed by atoms with Crippen molar-refractivity contribution in [3.05, 3.63) is 70.9 Å². The molecule has 0 spiro atoms. The lowest BCUT2D eigenvalue weighted by molar-refractivity contribution is -0.139. The van der Waals surface area contributed by atoms with Crippen molar-refractivity contribution in [2.75, 3.05) is 13.1 Å². The van der Waals surface area contributed by atoms with Crippen molar-refractivity contribution in [1.82, 2.24) is 20.0 Å². The van der Waals surface area contributed by atoms with Crippen molar-refractivity contribution in [2.24, 2.45) is 0 Å². The SMILES string of the molecule is C[C@@H](NC(=O)C(=O)c1ccc(-c2ccn(C3CC3)n2)cc1)[C@](O)(c1ccc(OC2CC2)c(Cl)c1)N1CCCC1. The molecule has 2 saturated carbocycles. The molecule has 3 aromatic rings. The molecule has 0 radical (unpaired) electrons. The van der Waals surface area contributed by atoms with Crippen LogP contribution in [0.15, 0.2) is 54.7 Å². The minimum Gasteiger partial charge on any atom is -0.489 e. The zero-order valence-corrected chi connectivity index (χ0v) is 22.7. The van der Waals surface area contributed by atoms with Gasteiger partial charge in [0.1, 0.15) is 5.75 Å². The zero-order chi connectivity index (χ0) is 27.1. The summed E-state index contributed by atoms with van der Waals surface area (Å²) < 4.78 is 7.84. The molecule has 1 aliphatic heterocycles. The zero-order valence-electron chi connectivity index (χ0n) is 22.0. The number of halogens is 1. The van der Waals surface area contributed by atoms with Crippen molar-refractivity contribution in [1.29, 1.82) is 0 Å². The maximum absolute atomic E-state index is 13.1. The summed E-state index contributed by atoms with van der Waals surface area (Å²) in [5.74, 6) is -0.848. The first-order chi connectivity index (χ1) is 18.8. The Morgan fingerprint density at radius 1 is 1.08 bits per heavy atom. The van der Waals surface area contributed by atoms with Crippen LogP contribution >= 0.6 is 11.6 Å². The quantitative estimate of drug-likeness (QED) is 0.281. The smallest absolute Gasteiger partial charge is 0.292 e. The summed E-state index contributed by atoms with van der Waals surface area (Å²) >= 11 is 6.53. The molecule has 6 rings (SSSR count). The number of hydrogen-bond acceptors (Lipinski definition) is 6. The van der Waals surface area contributed by atoms with Crippen LogP contribution in [-0.2, 0) is 10.5 Å². The van der Waals surface area contributed by atoms with Gasteiger partial charge in [-0.1, -0.05) is 41.9 Å². The number of benzene rings is 2. The first-order valence-electron chi connectivity index (χ1n) is 13.8. The molecule has 0 unspecified atom stereocenters. The van der Waals surface area contributed by atoms with Gasteiger partial charge in [-0.05, 0) is 63.6 Å². The lowest BCUT2D eigenvalue weighted by Crippen LogP contribution is -2.59. The third-order valence-electron chi connectivity index (χ3n) is 7.89. The molecule has 39 heavy (non-hydrogen) atoms. The Labute approximate surface area is 232 Å². The first kappa shape index (κ1) is 26.0. The highest BCUT2D eigenvalue weighted by Gasteiger charge is 2.44. The van der Waals surface area contributed by atoms with Gasteiger partial charge in [-0.15, -0.1) is 0 Å². The molecule has 2 aliphatic carbocycles. The number of aliphatic hydroxyl groups is 1. The molecule has 1 aromatic heterocycles. The fourth-order valence-corrected chi connectivity index (χ4v) is 5.50. The number of nitrogens with one attached hydrogen (secondary N) is 1. The van der Waals surface area contributed by atoms with Crippen LogP contribution in [0.4, 0.5) is 0 Å². The standard InChI is InChI=1S/C30H33ClN4O4/c1-19(30(38,34-15-2-3-16-34)22-8-13-27(25(31)18-22)39-24-11-12-24)32-29(37)28(36)21-6-4-20(5-7-21)26-14-17-35(33-26)23-9-10-23/h4-8,13-14,17-19,23-24,38H,2-3,9-12,15-16H2,1H3,(H,32,37)/t19-,30+/m1/s1. The van der Waals surface area contributed by atoms with E-state index < -0.39 is 23.5 Å². The molecule has 8 nitrogen and oxygen atoms in total. The van der Waals surface area contributed by atoms with Crippen molar-refractivity contribution in [3.8, 4) is 17.0 Å². The van der Waals surface area contributed by atoms with Gasteiger partial charge in [-0.2, -0.15) is 5.10 Å². The van der Waals surface area contributed by atoms with Gasteiger partial charge in [0.25, 0.3) is 5.91 Å².